The molecule has 4 nitrogen and oxygen atoms in total. The molecule has 0 aliphatic carbocycles. The third-order valence-corrected chi connectivity index (χ3v) is 2.30. The smallest absolute Gasteiger partial charge is 0.313 e. The minimum Gasteiger partial charge on any atom is -0.345 e. The topological polar surface area (TPSA) is 57.8 Å². The monoisotopic (exact) mass is 223 g/mol. The molecule has 15 heavy (non-hydrogen) atoms. The van der Waals surface area contributed by atoms with E-state index in [-0.39, 0.29) is 0 Å². The van der Waals surface area contributed by atoms with Crippen LogP contribution >= 0.6 is 11.6 Å². The second-order valence-corrected chi connectivity index (χ2v) is 3.55. The maximum atomic E-state index is 10.4. The Bertz CT molecular complexity index is 480. The van der Waals surface area contributed by atoms with E-state index in [0.717, 1.165) is 23.0 Å². The largest absolute Gasteiger partial charge is 0.345 e. The first-order valence-electron chi connectivity index (χ1n) is 4.61. The Morgan fingerprint density at radius 2 is 2.40 bits per heavy atom. The van der Waals surface area contributed by atoms with Gasteiger partial charge in [-0.1, -0.05) is 6.07 Å². The summed E-state index contributed by atoms with van der Waals surface area (Å²) in [6.07, 6.45) is 2.42. The average Bonchev–Trinajstić information content (AvgIpc) is 2.64. The van der Waals surface area contributed by atoms with E-state index >= 15 is 0 Å². The Morgan fingerprint density at radius 3 is 3.20 bits per heavy atom. The van der Waals surface area contributed by atoms with Gasteiger partial charge in [0.1, 0.15) is 0 Å². The molecule has 0 atom stereocenters. The summed E-state index contributed by atoms with van der Waals surface area (Å²) in [6.45, 7) is 0.544. The molecule has 0 fully saturated rings. The molecule has 2 rings (SSSR count). The van der Waals surface area contributed by atoms with Gasteiger partial charge >= 0.3 is 5.37 Å². The standard InChI is InChI=1S/C10H10ClN3O/c11-10(15)12-4-3-7-1-2-8-9(5-7)14-6-13-8/h1-2,5-6H,3-4H2,(H,12,15)(H,13,14). The maximum absolute atomic E-state index is 10.4. The number of carbonyl (C=O) groups is 1. The number of aromatic nitrogens is 2. The number of nitrogens with one attached hydrogen (secondary N) is 2. The first kappa shape index (κ1) is 9.98. The van der Waals surface area contributed by atoms with Crippen molar-refractivity contribution in [3.63, 3.8) is 0 Å². The molecular formula is C10H10ClN3O. The molecule has 0 unspecified atom stereocenters. The number of carbonyl (C=O) groups excluding carboxylic acids is 1. The van der Waals surface area contributed by atoms with Gasteiger partial charge in [-0.3, -0.25) is 4.79 Å². The van der Waals surface area contributed by atoms with Crippen molar-refractivity contribution in [3.8, 4) is 0 Å². The summed E-state index contributed by atoms with van der Waals surface area (Å²) in [5.74, 6) is 0. The molecule has 1 heterocycles. The summed E-state index contributed by atoms with van der Waals surface area (Å²) in [5.41, 5.74) is 3.09. The number of nitrogens with zero attached hydrogens (tertiary/aromatic N) is 1. The van der Waals surface area contributed by atoms with E-state index in [4.69, 9.17) is 11.6 Å². The van der Waals surface area contributed by atoms with E-state index in [2.05, 4.69) is 15.3 Å². The van der Waals surface area contributed by atoms with Gasteiger partial charge in [-0.2, -0.15) is 0 Å². The zero-order valence-corrected chi connectivity index (χ0v) is 8.71. The second-order valence-electron chi connectivity index (χ2n) is 3.20. The normalized spacial score (nSPS) is 10.5. The highest BCUT2D eigenvalue weighted by atomic mass is 35.5. The predicted molar refractivity (Wildman–Crippen MR) is 59.0 cm³/mol. The Kier molecular flexibility index (Phi) is 2.87. The lowest BCUT2D eigenvalue weighted by Crippen LogP contribution is -2.19. The number of fused-ring (bicyclic) bond motifs is 1. The van der Waals surface area contributed by atoms with Gasteiger partial charge in [0.05, 0.1) is 17.4 Å². The van der Waals surface area contributed by atoms with Crippen LogP contribution in [-0.4, -0.2) is 21.9 Å². The third kappa shape index (κ3) is 2.47. The summed E-state index contributed by atoms with van der Waals surface area (Å²) in [5, 5.41) is 2.02. The Morgan fingerprint density at radius 1 is 1.53 bits per heavy atom. The van der Waals surface area contributed by atoms with Gasteiger partial charge in [-0.05, 0) is 35.7 Å². The van der Waals surface area contributed by atoms with E-state index in [1.165, 1.54) is 0 Å². The average molecular weight is 224 g/mol. The zero-order chi connectivity index (χ0) is 10.7. The van der Waals surface area contributed by atoms with Crippen molar-refractivity contribution in [2.75, 3.05) is 6.54 Å². The summed E-state index contributed by atoms with van der Waals surface area (Å²) >= 11 is 5.16. The number of hydrogen-bond donors (Lipinski definition) is 2. The second kappa shape index (κ2) is 4.31. The number of hydrogen-bond acceptors (Lipinski definition) is 2. The van der Waals surface area contributed by atoms with Gasteiger partial charge < -0.3 is 10.3 Å². The van der Waals surface area contributed by atoms with Crippen LogP contribution in [0.4, 0.5) is 4.79 Å². The lowest BCUT2D eigenvalue weighted by Gasteiger charge is -2.01. The van der Waals surface area contributed by atoms with Crippen LogP contribution in [-0.2, 0) is 6.42 Å². The van der Waals surface area contributed by atoms with Crippen LogP contribution in [0.2, 0.25) is 0 Å². The lowest BCUT2D eigenvalue weighted by molar-refractivity contribution is 0.260. The Labute approximate surface area is 91.7 Å². The molecule has 1 aromatic heterocycles. The first-order chi connectivity index (χ1) is 7.25. The minimum atomic E-state index is -0.516. The van der Waals surface area contributed by atoms with Gasteiger partial charge in [0.25, 0.3) is 0 Å². The SMILES string of the molecule is O=C(Cl)NCCc1ccc2nc[nH]c2c1. The fourth-order valence-electron chi connectivity index (χ4n) is 1.44. The van der Waals surface area contributed by atoms with E-state index in [9.17, 15) is 4.79 Å². The molecule has 78 valence electrons. The Hall–Kier alpha value is -1.55. The summed E-state index contributed by atoms with van der Waals surface area (Å²) < 4.78 is 0. The summed E-state index contributed by atoms with van der Waals surface area (Å²) in [4.78, 5) is 17.6. The van der Waals surface area contributed by atoms with Crippen LogP contribution in [0.3, 0.4) is 0 Å². The fraction of sp³-hybridized carbons (Fsp3) is 0.200. The van der Waals surface area contributed by atoms with Crippen molar-refractivity contribution < 1.29 is 4.79 Å². The molecule has 0 saturated heterocycles. The first-order valence-corrected chi connectivity index (χ1v) is 4.99. The Balaban J connectivity index is 2.04. The summed E-state index contributed by atoms with van der Waals surface area (Å²) in [7, 11) is 0. The highest BCUT2D eigenvalue weighted by Crippen LogP contribution is 2.11. The van der Waals surface area contributed by atoms with Gasteiger partial charge in [-0.15, -0.1) is 0 Å². The van der Waals surface area contributed by atoms with Crippen LogP contribution in [0.25, 0.3) is 11.0 Å². The van der Waals surface area contributed by atoms with Gasteiger partial charge in [0, 0.05) is 6.54 Å². The molecule has 0 saturated carbocycles. The molecule has 0 bridgehead atoms. The van der Waals surface area contributed by atoms with E-state index in [1.54, 1.807) is 6.33 Å². The van der Waals surface area contributed by atoms with Gasteiger partial charge in [-0.25, -0.2) is 4.98 Å². The fourth-order valence-corrected chi connectivity index (χ4v) is 1.54. The lowest BCUT2D eigenvalue weighted by atomic mass is 10.1. The van der Waals surface area contributed by atoms with Crippen LogP contribution < -0.4 is 5.32 Å². The molecule has 1 aromatic carbocycles. The number of imidazole rings is 1. The van der Waals surface area contributed by atoms with Crippen molar-refractivity contribution in [2.24, 2.45) is 0 Å². The third-order valence-electron chi connectivity index (χ3n) is 2.16. The highest BCUT2D eigenvalue weighted by molar-refractivity contribution is 6.62. The zero-order valence-electron chi connectivity index (χ0n) is 7.96. The van der Waals surface area contributed by atoms with Crippen LogP contribution in [0.15, 0.2) is 24.5 Å². The number of rotatable bonds is 3. The highest BCUT2D eigenvalue weighted by Gasteiger charge is 1.99. The number of amides is 1. The molecule has 2 N–H and O–H groups in total. The predicted octanol–water partition coefficient (Wildman–Crippen LogP) is 2.05. The quantitative estimate of drug-likeness (QED) is 0.618. The maximum Gasteiger partial charge on any atom is 0.313 e. The van der Waals surface area contributed by atoms with Crippen molar-refractivity contribution in [1.29, 1.82) is 0 Å². The number of H-pyrrole nitrogens is 1. The molecule has 0 aliphatic heterocycles. The van der Waals surface area contributed by atoms with Crippen molar-refractivity contribution in [2.45, 2.75) is 6.42 Å². The molecule has 0 spiro atoms. The van der Waals surface area contributed by atoms with E-state index < -0.39 is 5.37 Å². The molecule has 0 radical (unpaired) electrons. The molecule has 2 aromatic rings. The number of benzene rings is 1. The van der Waals surface area contributed by atoms with E-state index in [0.29, 0.717) is 6.54 Å². The minimum absolute atomic E-state index is 0.516. The van der Waals surface area contributed by atoms with Crippen molar-refractivity contribution >= 4 is 28.0 Å². The van der Waals surface area contributed by atoms with Gasteiger partial charge in [0.2, 0.25) is 0 Å². The van der Waals surface area contributed by atoms with Crippen LogP contribution in [0.5, 0.6) is 0 Å². The molecular weight excluding hydrogens is 214 g/mol. The summed E-state index contributed by atoms with van der Waals surface area (Å²) in [6, 6.07) is 5.95. The number of halogens is 1. The molecule has 5 heteroatoms. The molecule has 1 amide bonds. The van der Waals surface area contributed by atoms with Crippen molar-refractivity contribution in [3.05, 3.63) is 30.1 Å². The van der Waals surface area contributed by atoms with E-state index in [1.807, 2.05) is 18.2 Å². The van der Waals surface area contributed by atoms with Crippen LogP contribution in [0, 0.1) is 0 Å². The number of aromatic amines is 1. The van der Waals surface area contributed by atoms with Crippen molar-refractivity contribution in [1.82, 2.24) is 15.3 Å². The van der Waals surface area contributed by atoms with Crippen LogP contribution in [0.1, 0.15) is 5.56 Å². The molecule has 0 aliphatic rings. The van der Waals surface area contributed by atoms with Gasteiger partial charge in [0.15, 0.2) is 0 Å².